The van der Waals surface area contributed by atoms with Gasteiger partial charge in [-0.2, -0.15) is 0 Å². The number of hydrogen-bond acceptors (Lipinski definition) is 3. The van der Waals surface area contributed by atoms with Gasteiger partial charge >= 0.3 is 0 Å². The normalized spacial score (nSPS) is 24.5. The quantitative estimate of drug-likeness (QED) is 0.789. The molecule has 0 saturated carbocycles. The van der Waals surface area contributed by atoms with E-state index in [2.05, 4.69) is 17.1 Å². The Bertz CT molecular complexity index is 339. The van der Waals surface area contributed by atoms with E-state index in [-0.39, 0.29) is 11.8 Å². The highest BCUT2D eigenvalue weighted by Crippen LogP contribution is 2.22. The van der Waals surface area contributed by atoms with Crippen LogP contribution in [-0.2, 0) is 9.59 Å². The van der Waals surface area contributed by atoms with Crippen LogP contribution in [0.2, 0.25) is 0 Å². The maximum atomic E-state index is 12.4. The van der Waals surface area contributed by atoms with Gasteiger partial charge in [-0.15, -0.1) is 0 Å². The third-order valence-electron chi connectivity index (χ3n) is 3.55. The van der Waals surface area contributed by atoms with Crippen molar-refractivity contribution in [3.05, 3.63) is 0 Å². The Morgan fingerprint density at radius 3 is 2.22 bits per heavy atom. The first-order chi connectivity index (χ1) is 8.15. The van der Waals surface area contributed by atoms with Crippen molar-refractivity contribution in [1.82, 2.24) is 15.1 Å². The molecule has 0 aliphatic carbocycles. The fraction of sp³-hybridized carbons (Fsp3) is 0.846. The molecule has 1 aliphatic rings. The number of hydrogen-bond donors (Lipinski definition) is 1. The van der Waals surface area contributed by atoms with E-state index >= 15 is 0 Å². The number of amides is 2. The van der Waals surface area contributed by atoms with Crippen molar-refractivity contribution in [2.24, 2.45) is 5.92 Å². The average Bonchev–Trinajstić information content (AvgIpc) is 2.57. The van der Waals surface area contributed by atoms with E-state index < -0.39 is 5.54 Å². The molecule has 104 valence electrons. The van der Waals surface area contributed by atoms with Crippen LogP contribution in [0, 0.1) is 5.92 Å². The molecular formula is C13H25N3O2. The molecular weight excluding hydrogens is 230 g/mol. The molecule has 5 nitrogen and oxygen atoms in total. The first kappa shape index (κ1) is 15.0. The van der Waals surface area contributed by atoms with Gasteiger partial charge in [0.1, 0.15) is 5.54 Å². The van der Waals surface area contributed by atoms with E-state index in [1.165, 1.54) is 6.92 Å². The third-order valence-corrected chi connectivity index (χ3v) is 3.55. The zero-order chi connectivity index (χ0) is 14.1. The molecule has 0 bridgehead atoms. The largest absolute Gasteiger partial charge is 0.342 e. The Hall–Kier alpha value is -1.10. The third kappa shape index (κ3) is 3.22. The minimum atomic E-state index is -0.827. The summed E-state index contributed by atoms with van der Waals surface area (Å²) in [6, 6.07) is 0.391. The second kappa shape index (κ2) is 5.26. The van der Waals surface area contributed by atoms with Crippen LogP contribution < -0.4 is 5.32 Å². The highest BCUT2D eigenvalue weighted by molar-refractivity contribution is 5.90. The van der Waals surface area contributed by atoms with Crippen LogP contribution in [0.25, 0.3) is 0 Å². The Kier molecular flexibility index (Phi) is 4.37. The minimum absolute atomic E-state index is 0.00565. The fourth-order valence-corrected chi connectivity index (χ4v) is 2.68. The number of carbonyl (C=O) groups is 2. The highest BCUT2D eigenvalue weighted by atomic mass is 16.2. The van der Waals surface area contributed by atoms with E-state index in [1.54, 1.807) is 13.8 Å². The van der Waals surface area contributed by atoms with Gasteiger partial charge < -0.3 is 15.1 Å². The predicted octanol–water partition coefficient (Wildman–Crippen LogP) is 0.310. The Morgan fingerprint density at radius 2 is 1.83 bits per heavy atom. The topological polar surface area (TPSA) is 52.7 Å². The molecule has 1 rings (SSSR count). The van der Waals surface area contributed by atoms with Gasteiger partial charge in [0.25, 0.3) is 0 Å². The van der Waals surface area contributed by atoms with Crippen LogP contribution in [0.1, 0.15) is 27.7 Å². The van der Waals surface area contributed by atoms with Crippen molar-refractivity contribution >= 4 is 11.8 Å². The highest BCUT2D eigenvalue weighted by Gasteiger charge is 2.39. The molecule has 1 fully saturated rings. The van der Waals surface area contributed by atoms with Crippen molar-refractivity contribution in [3.8, 4) is 0 Å². The molecule has 1 saturated heterocycles. The average molecular weight is 255 g/mol. The molecule has 18 heavy (non-hydrogen) atoms. The van der Waals surface area contributed by atoms with Crippen molar-refractivity contribution in [3.63, 3.8) is 0 Å². The van der Waals surface area contributed by atoms with Crippen LogP contribution >= 0.6 is 0 Å². The monoisotopic (exact) mass is 255 g/mol. The molecule has 2 unspecified atom stereocenters. The SMILES string of the molecule is CC(=O)NC(C)(C)C(=O)N1CC(C)C(N(C)C)C1. The molecule has 1 heterocycles. The van der Waals surface area contributed by atoms with Gasteiger partial charge in [-0.1, -0.05) is 6.92 Å². The maximum Gasteiger partial charge on any atom is 0.247 e. The lowest BCUT2D eigenvalue weighted by molar-refractivity contribution is -0.139. The second-order valence-corrected chi connectivity index (χ2v) is 6.02. The molecule has 0 aromatic carbocycles. The van der Waals surface area contributed by atoms with Gasteiger partial charge in [-0.25, -0.2) is 0 Å². The second-order valence-electron chi connectivity index (χ2n) is 6.02. The van der Waals surface area contributed by atoms with E-state index in [1.807, 2.05) is 19.0 Å². The number of likely N-dealkylation sites (tertiary alicyclic amines) is 1. The molecule has 5 heteroatoms. The van der Waals surface area contributed by atoms with Crippen LogP contribution in [0.5, 0.6) is 0 Å². The molecule has 0 aromatic rings. The summed E-state index contributed by atoms with van der Waals surface area (Å²) in [4.78, 5) is 27.5. The lowest BCUT2D eigenvalue weighted by atomic mass is 10.0. The summed E-state index contributed by atoms with van der Waals surface area (Å²) >= 11 is 0. The number of carbonyl (C=O) groups excluding carboxylic acids is 2. The number of nitrogens with one attached hydrogen (secondary N) is 1. The maximum absolute atomic E-state index is 12.4. The van der Waals surface area contributed by atoms with E-state index in [0.717, 1.165) is 13.1 Å². The summed E-state index contributed by atoms with van der Waals surface area (Å²) in [5, 5.41) is 2.71. The van der Waals surface area contributed by atoms with Gasteiger partial charge in [-0.3, -0.25) is 9.59 Å². The van der Waals surface area contributed by atoms with Gasteiger partial charge in [0, 0.05) is 26.1 Å². The van der Waals surface area contributed by atoms with Crippen LogP contribution in [0.4, 0.5) is 0 Å². The molecule has 1 aliphatic heterocycles. The Morgan fingerprint density at radius 1 is 1.28 bits per heavy atom. The summed E-state index contributed by atoms with van der Waals surface area (Å²) in [6.07, 6.45) is 0. The van der Waals surface area contributed by atoms with Gasteiger partial charge in [0.2, 0.25) is 11.8 Å². The van der Waals surface area contributed by atoms with Crippen molar-refractivity contribution in [2.75, 3.05) is 27.2 Å². The lowest BCUT2D eigenvalue weighted by Crippen LogP contribution is -2.55. The predicted molar refractivity (Wildman–Crippen MR) is 71.1 cm³/mol. The van der Waals surface area contributed by atoms with Gasteiger partial charge in [-0.05, 0) is 33.9 Å². The summed E-state index contributed by atoms with van der Waals surface area (Å²) in [7, 11) is 4.07. The van der Waals surface area contributed by atoms with Crippen molar-refractivity contribution in [1.29, 1.82) is 0 Å². The minimum Gasteiger partial charge on any atom is -0.342 e. The first-order valence-electron chi connectivity index (χ1n) is 6.39. The van der Waals surface area contributed by atoms with Crippen LogP contribution in [0.15, 0.2) is 0 Å². The number of rotatable bonds is 3. The first-order valence-corrected chi connectivity index (χ1v) is 6.39. The molecule has 2 amide bonds. The van der Waals surface area contributed by atoms with Gasteiger partial charge in [0.15, 0.2) is 0 Å². The lowest BCUT2D eigenvalue weighted by Gasteiger charge is -2.30. The summed E-state index contributed by atoms with van der Waals surface area (Å²) < 4.78 is 0. The van der Waals surface area contributed by atoms with E-state index in [9.17, 15) is 9.59 Å². The Labute approximate surface area is 110 Å². The summed E-state index contributed by atoms with van der Waals surface area (Å²) in [5.41, 5.74) is -0.827. The molecule has 1 N–H and O–H groups in total. The molecule has 2 atom stereocenters. The van der Waals surface area contributed by atoms with Crippen molar-refractivity contribution in [2.45, 2.75) is 39.3 Å². The van der Waals surface area contributed by atoms with E-state index in [4.69, 9.17) is 0 Å². The van der Waals surface area contributed by atoms with Crippen LogP contribution in [-0.4, -0.2) is 60.4 Å². The zero-order valence-electron chi connectivity index (χ0n) is 12.3. The zero-order valence-corrected chi connectivity index (χ0v) is 12.3. The smallest absolute Gasteiger partial charge is 0.247 e. The Balaban J connectivity index is 2.72. The summed E-state index contributed by atoms with van der Waals surface area (Å²) in [5.74, 6) is 0.274. The standard InChI is InChI=1S/C13H25N3O2/c1-9-7-16(8-11(9)15(5)6)12(18)13(3,4)14-10(2)17/h9,11H,7-8H2,1-6H3,(H,14,17). The molecule has 0 radical (unpaired) electrons. The van der Waals surface area contributed by atoms with E-state index in [0.29, 0.717) is 12.0 Å². The molecule has 0 aromatic heterocycles. The van der Waals surface area contributed by atoms with Crippen LogP contribution in [0.3, 0.4) is 0 Å². The fourth-order valence-electron chi connectivity index (χ4n) is 2.68. The summed E-state index contributed by atoms with van der Waals surface area (Å²) in [6.45, 7) is 8.59. The molecule has 0 spiro atoms. The number of nitrogens with zero attached hydrogens (tertiary/aromatic N) is 2. The van der Waals surface area contributed by atoms with Crippen molar-refractivity contribution < 1.29 is 9.59 Å². The number of likely N-dealkylation sites (N-methyl/N-ethyl adjacent to an activating group) is 1. The van der Waals surface area contributed by atoms with Gasteiger partial charge in [0.05, 0.1) is 0 Å².